The predicted molar refractivity (Wildman–Crippen MR) is 127 cm³/mol. The number of tetrazole rings is 1. The molecule has 3 aromatic heterocycles. The number of hydrogen-bond acceptors (Lipinski definition) is 6. The molecule has 0 saturated heterocycles. The van der Waals surface area contributed by atoms with Crippen molar-refractivity contribution in [2.45, 2.75) is 25.6 Å². The second-order valence-corrected chi connectivity index (χ2v) is 8.23. The van der Waals surface area contributed by atoms with E-state index in [1.54, 1.807) is 6.20 Å². The Morgan fingerprint density at radius 1 is 1.00 bits per heavy atom. The quantitative estimate of drug-likeness (QED) is 0.337. The summed E-state index contributed by atoms with van der Waals surface area (Å²) in [6.45, 7) is 2.19. The maximum absolute atomic E-state index is 6.04. The van der Waals surface area contributed by atoms with E-state index in [0.717, 1.165) is 47.5 Å². The van der Waals surface area contributed by atoms with Crippen LogP contribution in [0.5, 0.6) is 0 Å². The molecule has 9 heteroatoms. The first-order valence-corrected chi connectivity index (χ1v) is 11.2. The summed E-state index contributed by atoms with van der Waals surface area (Å²) >= 11 is 6.04. The van der Waals surface area contributed by atoms with Crippen LogP contribution in [-0.2, 0) is 13.1 Å². The van der Waals surface area contributed by atoms with Gasteiger partial charge in [-0.15, -0.1) is 5.10 Å². The number of imidazole rings is 1. The Morgan fingerprint density at radius 2 is 1.88 bits per heavy atom. The van der Waals surface area contributed by atoms with E-state index >= 15 is 0 Å². The molecule has 1 atom stereocenters. The highest BCUT2D eigenvalue weighted by Crippen LogP contribution is 2.22. The lowest BCUT2D eigenvalue weighted by atomic mass is 10.1. The maximum atomic E-state index is 6.04. The molecule has 8 nitrogen and oxygen atoms in total. The molecule has 0 amide bonds. The summed E-state index contributed by atoms with van der Waals surface area (Å²) in [7, 11) is 0. The average molecular weight is 459 g/mol. The third kappa shape index (κ3) is 5.08. The zero-order valence-electron chi connectivity index (χ0n) is 17.9. The molecule has 5 rings (SSSR count). The van der Waals surface area contributed by atoms with Crippen molar-refractivity contribution in [3.05, 3.63) is 101 Å². The molecule has 0 spiro atoms. The first kappa shape index (κ1) is 21.2. The van der Waals surface area contributed by atoms with Gasteiger partial charge in [-0.1, -0.05) is 48.0 Å². The summed E-state index contributed by atoms with van der Waals surface area (Å²) in [5.74, 6) is 0.718. The topological polar surface area (TPSA) is 86.3 Å². The van der Waals surface area contributed by atoms with E-state index in [2.05, 4.69) is 42.5 Å². The molecular weight excluding hydrogens is 436 g/mol. The molecular formula is C24H23ClN8. The number of benzene rings is 2. The van der Waals surface area contributed by atoms with Crippen LogP contribution < -0.4 is 5.32 Å². The Kier molecular flexibility index (Phi) is 6.37. The van der Waals surface area contributed by atoms with Gasteiger partial charge in [-0.3, -0.25) is 4.98 Å². The van der Waals surface area contributed by atoms with E-state index < -0.39 is 0 Å². The van der Waals surface area contributed by atoms with Crippen LogP contribution in [0.25, 0.3) is 10.9 Å². The van der Waals surface area contributed by atoms with Crippen molar-refractivity contribution in [1.82, 2.24) is 40.1 Å². The van der Waals surface area contributed by atoms with Gasteiger partial charge >= 0.3 is 0 Å². The molecule has 5 aromatic rings. The Hall–Kier alpha value is -3.62. The van der Waals surface area contributed by atoms with Gasteiger partial charge in [0.05, 0.1) is 24.1 Å². The van der Waals surface area contributed by atoms with Gasteiger partial charge in [0.15, 0.2) is 5.82 Å². The van der Waals surface area contributed by atoms with E-state index in [0.29, 0.717) is 11.6 Å². The van der Waals surface area contributed by atoms with Crippen LogP contribution >= 0.6 is 11.6 Å². The molecule has 2 aromatic carbocycles. The number of fused-ring (bicyclic) bond motifs is 1. The molecule has 0 aliphatic rings. The molecule has 0 saturated carbocycles. The number of rotatable bonds is 9. The average Bonchev–Trinajstić information content (AvgIpc) is 3.53. The number of nitrogens with one attached hydrogen (secondary N) is 1. The van der Waals surface area contributed by atoms with Gasteiger partial charge in [0, 0.05) is 29.3 Å². The number of nitrogens with zero attached hydrogens (tertiary/aromatic N) is 7. The highest BCUT2D eigenvalue weighted by Gasteiger charge is 2.22. The largest absolute Gasteiger partial charge is 0.337 e. The standard InChI is InChI=1S/C24H23ClN8/c25-20-9-6-18(7-10-20)16-33-24(29-30-31-33)23(27-12-3-14-32-15-13-26-17-32)22-11-8-19-4-1-2-5-21(19)28-22/h1-2,4-11,13,15,17,23,27H,3,12,14,16H2. The van der Waals surface area contributed by atoms with E-state index in [1.165, 1.54) is 0 Å². The molecule has 3 heterocycles. The van der Waals surface area contributed by atoms with Crippen LogP contribution in [0.15, 0.2) is 79.4 Å². The van der Waals surface area contributed by atoms with Crippen molar-refractivity contribution in [2.24, 2.45) is 0 Å². The van der Waals surface area contributed by atoms with E-state index in [4.69, 9.17) is 16.6 Å². The SMILES string of the molecule is Clc1ccc(Cn2nnnc2C(NCCCn2ccnc2)c2ccc3ccccc3n2)cc1. The summed E-state index contributed by atoms with van der Waals surface area (Å²) in [5, 5.41) is 18.0. The van der Waals surface area contributed by atoms with Crippen LogP contribution in [0.4, 0.5) is 0 Å². The zero-order valence-corrected chi connectivity index (χ0v) is 18.7. The summed E-state index contributed by atoms with van der Waals surface area (Å²) in [6.07, 6.45) is 6.52. The molecule has 0 aliphatic heterocycles. The Morgan fingerprint density at radius 3 is 2.73 bits per heavy atom. The van der Waals surface area contributed by atoms with E-state index in [1.807, 2.05) is 65.7 Å². The summed E-state index contributed by atoms with van der Waals surface area (Å²) in [4.78, 5) is 9.02. The lowest BCUT2D eigenvalue weighted by molar-refractivity contribution is 0.496. The van der Waals surface area contributed by atoms with Crippen molar-refractivity contribution in [3.63, 3.8) is 0 Å². The summed E-state index contributed by atoms with van der Waals surface area (Å²) in [5.41, 5.74) is 2.89. The van der Waals surface area contributed by atoms with Crippen molar-refractivity contribution >= 4 is 22.5 Å². The van der Waals surface area contributed by atoms with Crippen LogP contribution in [0, 0.1) is 0 Å². The van der Waals surface area contributed by atoms with Gasteiger partial charge in [-0.05, 0) is 53.2 Å². The van der Waals surface area contributed by atoms with Crippen molar-refractivity contribution in [1.29, 1.82) is 0 Å². The van der Waals surface area contributed by atoms with E-state index in [9.17, 15) is 0 Å². The van der Waals surface area contributed by atoms with Crippen molar-refractivity contribution < 1.29 is 0 Å². The monoisotopic (exact) mass is 458 g/mol. The molecule has 166 valence electrons. The van der Waals surface area contributed by atoms with Crippen LogP contribution in [0.1, 0.15) is 29.5 Å². The smallest absolute Gasteiger partial charge is 0.174 e. The number of para-hydroxylation sites is 1. The Bertz CT molecular complexity index is 1310. The van der Waals surface area contributed by atoms with Gasteiger partial charge in [-0.25, -0.2) is 9.67 Å². The van der Waals surface area contributed by atoms with Crippen LogP contribution in [-0.4, -0.2) is 41.3 Å². The van der Waals surface area contributed by atoms with Gasteiger partial charge in [0.1, 0.15) is 6.04 Å². The van der Waals surface area contributed by atoms with Gasteiger partial charge in [0.25, 0.3) is 0 Å². The highest BCUT2D eigenvalue weighted by atomic mass is 35.5. The fraction of sp³-hybridized carbons (Fsp3) is 0.208. The lowest BCUT2D eigenvalue weighted by Crippen LogP contribution is -2.28. The number of aryl methyl sites for hydroxylation is 1. The van der Waals surface area contributed by atoms with Crippen molar-refractivity contribution in [3.8, 4) is 0 Å². The van der Waals surface area contributed by atoms with Crippen LogP contribution in [0.3, 0.4) is 0 Å². The number of pyridine rings is 1. The minimum absolute atomic E-state index is 0.250. The van der Waals surface area contributed by atoms with Crippen molar-refractivity contribution in [2.75, 3.05) is 6.54 Å². The normalized spacial score (nSPS) is 12.3. The lowest BCUT2D eigenvalue weighted by Gasteiger charge is -2.18. The minimum Gasteiger partial charge on any atom is -0.337 e. The number of aromatic nitrogens is 7. The molecule has 0 radical (unpaired) electrons. The van der Waals surface area contributed by atoms with Gasteiger partial charge in [0.2, 0.25) is 0 Å². The third-order valence-electron chi connectivity index (χ3n) is 5.48. The maximum Gasteiger partial charge on any atom is 0.174 e. The minimum atomic E-state index is -0.250. The molecule has 0 fully saturated rings. The number of halogens is 1. The molecule has 1 unspecified atom stereocenters. The molecule has 1 N–H and O–H groups in total. The van der Waals surface area contributed by atoms with Crippen LogP contribution in [0.2, 0.25) is 5.02 Å². The van der Waals surface area contributed by atoms with Gasteiger partial charge in [-0.2, -0.15) is 0 Å². The first-order valence-electron chi connectivity index (χ1n) is 10.8. The fourth-order valence-electron chi connectivity index (χ4n) is 3.79. The Balaban J connectivity index is 1.41. The zero-order chi connectivity index (χ0) is 22.5. The molecule has 0 bridgehead atoms. The second-order valence-electron chi connectivity index (χ2n) is 7.79. The number of hydrogen-bond donors (Lipinski definition) is 1. The summed E-state index contributed by atoms with van der Waals surface area (Å²) < 4.78 is 3.88. The third-order valence-corrected chi connectivity index (χ3v) is 5.73. The van der Waals surface area contributed by atoms with E-state index in [-0.39, 0.29) is 6.04 Å². The predicted octanol–water partition coefficient (Wildman–Crippen LogP) is 3.89. The van der Waals surface area contributed by atoms with Gasteiger partial charge < -0.3 is 9.88 Å². The molecule has 0 aliphatic carbocycles. The Labute approximate surface area is 196 Å². The summed E-state index contributed by atoms with van der Waals surface area (Å²) in [6, 6.07) is 19.7. The fourth-order valence-corrected chi connectivity index (χ4v) is 3.92. The second kappa shape index (κ2) is 9.89. The first-order chi connectivity index (χ1) is 16.3. The highest BCUT2D eigenvalue weighted by molar-refractivity contribution is 6.30. The molecule has 33 heavy (non-hydrogen) atoms.